The van der Waals surface area contributed by atoms with Crippen LogP contribution in [0.4, 0.5) is 20.2 Å². The summed E-state index contributed by atoms with van der Waals surface area (Å²) >= 11 is 5.60. The van der Waals surface area contributed by atoms with Crippen LogP contribution in [0.5, 0.6) is 0 Å². The van der Waals surface area contributed by atoms with Gasteiger partial charge in [-0.05, 0) is 36.2 Å². The molecule has 0 spiro atoms. The van der Waals surface area contributed by atoms with E-state index in [2.05, 4.69) is 0 Å². The normalized spacial score (nSPS) is 10.6. The van der Waals surface area contributed by atoms with Gasteiger partial charge in [-0.15, -0.1) is 11.6 Å². The monoisotopic (exact) mass is 281 g/mol. The molecule has 0 unspecified atom stereocenters. The number of hydrogen-bond acceptors (Lipinski definition) is 1. The molecule has 0 amide bonds. The van der Waals surface area contributed by atoms with Crippen molar-refractivity contribution in [3.8, 4) is 0 Å². The molecule has 0 aliphatic rings. The highest BCUT2D eigenvalue weighted by atomic mass is 35.5. The van der Waals surface area contributed by atoms with Crippen molar-refractivity contribution in [3.05, 3.63) is 59.2 Å². The molecule has 0 saturated heterocycles. The Kier molecular flexibility index (Phi) is 4.05. The van der Waals surface area contributed by atoms with Gasteiger partial charge in [-0.1, -0.05) is 18.2 Å². The van der Waals surface area contributed by atoms with E-state index in [1.165, 1.54) is 17.0 Å². The van der Waals surface area contributed by atoms with E-state index in [4.69, 9.17) is 11.6 Å². The van der Waals surface area contributed by atoms with E-state index in [0.717, 1.165) is 11.3 Å². The first-order valence-corrected chi connectivity index (χ1v) is 6.41. The van der Waals surface area contributed by atoms with Gasteiger partial charge in [-0.3, -0.25) is 0 Å². The summed E-state index contributed by atoms with van der Waals surface area (Å²) in [5, 5.41) is 0. The summed E-state index contributed by atoms with van der Waals surface area (Å²) in [6.07, 6.45) is 0. The molecule has 2 rings (SSSR count). The largest absolute Gasteiger partial charge is 0.340 e. The van der Waals surface area contributed by atoms with Crippen LogP contribution in [0.3, 0.4) is 0 Å². The van der Waals surface area contributed by atoms with Gasteiger partial charge in [0, 0.05) is 18.6 Å². The predicted octanol–water partition coefficient (Wildman–Crippen LogP) is 4.78. The summed E-state index contributed by atoms with van der Waals surface area (Å²) in [5.41, 5.74) is 2.07. The molecule has 100 valence electrons. The topological polar surface area (TPSA) is 3.24 Å². The van der Waals surface area contributed by atoms with Gasteiger partial charge >= 0.3 is 0 Å². The minimum Gasteiger partial charge on any atom is -0.340 e. The maximum Gasteiger partial charge on any atom is 0.150 e. The summed E-state index contributed by atoms with van der Waals surface area (Å²) < 4.78 is 28.1. The second-order valence-electron chi connectivity index (χ2n) is 4.39. The first-order chi connectivity index (χ1) is 9.04. The molecule has 1 nitrogen and oxygen atoms in total. The van der Waals surface area contributed by atoms with Crippen molar-refractivity contribution in [1.29, 1.82) is 0 Å². The van der Waals surface area contributed by atoms with E-state index in [1.54, 1.807) is 7.05 Å². The second-order valence-corrected chi connectivity index (χ2v) is 4.65. The lowest BCUT2D eigenvalue weighted by atomic mass is 10.1. The van der Waals surface area contributed by atoms with Crippen molar-refractivity contribution in [1.82, 2.24) is 0 Å². The smallest absolute Gasteiger partial charge is 0.150 e. The van der Waals surface area contributed by atoms with Crippen LogP contribution in [-0.2, 0) is 5.88 Å². The van der Waals surface area contributed by atoms with Crippen molar-refractivity contribution in [2.24, 2.45) is 0 Å². The Morgan fingerprint density at radius 2 is 1.68 bits per heavy atom. The highest BCUT2D eigenvalue weighted by Gasteiger charge is 2.17. The zero-order chi connectivity index (χ0) is 14.0. The molecule has 0 saturated carbocycles. The third-order valence-electron chi connectivity index (χ3n) is 3.04. The van der Waals surface area contributed by atoms with Gasteiger partial charge in [0.25, 0.3) is 0 Å². The Hall–Kier alpha value is -1.61. The molecular weight excluding hydrogens is 268 g/mol. The second kappa shape index (κ2) is 5.57. The lowest BCUT2D eigenvalue weighted by Crippen LogP contribution is -2.14. The number of nitrogens with zero attached hydrogens (tertiary/aromatic N) is 1. The number of halogens is 3. The lowest BCUT2D eigenvalue weighted by Gasteiger charge is -2.23. The molecule has 0 bridgehead atoms. The molecule has 19 heavy (non-hydrogen) atoms. The van der Waals surface area contributed by atoms with Crippen molar-refractivity contribution >= 4 is 23.0 Å². The Bertz CT molecular complexity index is 575. The van der Waals surface area contributed by atoms with E-state index >= 15 is 0 Å². The highest BCUT2D eigenvalue weighted by Crippen LogP contribution is 2.31. The van der Waals surface area contributed by atoms with Crippen LogP contribution in [0.15, 0.2) is 36.4 Å². The van der Waals surface area contributed by atoms with E-state index in [0.29, 0.717) is 5.56 Å². The number of para-hydroxylation sites is 1. The maximum absolute atomic E-state index is 14.0. The summed E-state index contributed by atoms with van der Waals surface area (Å²) in [5.74, 6) is -1.13. The van der Waals surface area contributed by atoms with Crippen molar-refractivity contribution < 1.29 is 8.78 Å². The van der Waals surface area contributed by atoms with Crippen LogP contribution in [0.2, 0.25) is 0 Å². The van der Waals surface area contributed by atoms with Crippen LogP contribution in [0.25, 0.3) is 0 Å². The van der Waals surface area contributed by atoms with Crippen molar-refractivity contribution in [2.45, 2.75) is 12.8 Å². The first-order valence-electron chi connectivity index (χ1n) is 5.88. The van der Waals surface area contributed by atoms with Crippen LogP contribution in [0, 0.1) is 18.6 Å². The van der Waals surface area contributed by atoms with E-state index in [1.807, 2.05) is 31.2 Å². The van der Waals surface area contributed by atoms with Crippen molar-refractivity contribution in [3.63, 3.8) is 0 Å². The first kappa shape index (κ1) is 13.8. The molecule has 2 aromatic rings. The van der Waals surface area contributed by atoms with E-state index in [9.17, 15) is 8.78 Å². The number of aryl methyl sites for hydroxylation is 1. The molecule has 2 aromatic carbocycles. The van der Waals surface area contributed by atoms with Gasteiger partial charge < -0.3 is 4.90 Å². The molecule has 0 aromatic heterocycles. The molecular formula is C15H14ClF2N. The fourth-order valence-electron chi connectivity index (χ4n) is 2.08. The van der Waals surface area contributed by atoms with Gasteiger partial charge in [0.1, 0.15) is 17.3 Å². The zero-order valence-corrected chi connectivity index (χ0v) is 11.5. The highest BCUT2D eigenvalue weighted by molar-refractivity contribution is 6.17. The van der Waals surface area contributed by atoms with Gasteiger partial charge in [-0.2, -0.15) is 0 Å². The van der Waals surface area contributed by atoms with E-state index in [-0.39, 0.29) is 11.6 Å². The average Bonchev–Trinajstić information content (AvgIpc) is 2.38. The molecule has 0 aliphatic carbocycles. The Morgan fingerprint density at radius 3 is 2.21 bits per heavy atom. The van der Waals surface area contributed by atoms with Gasteiger partial charge in [0.15, 0.2) is 0 Å². The van der Waals surface area contributed by atoms with E-state index < -0.39 is 11.6 Å². The third-order valence-corrected chi connectivity index (χ3v) is 3.35. The molecule has 4 heteroatoms. The quantitative estimate of drug-likeness (QED) is 0.732. The van der Waals surface area contributed by atoms with Crippen LogP contribution in [0.1, 0.15) is 11.1 Å². The van der Waals surface area contributed by atoms with Crippen LogP contribution < -0.4 is 4.90 Å². The average molecular weight is 282 g/mol. The van der Waals surface area contributed by atoms with Gasteiger partial charge in [-0.25, -0.2) is 8.78 Å². The lowest BCUT2D eigenvalue weighted by molar-refractivity contribution is 0.582. The third kappa shape index (κ3) is 2.71. The summed E-state index contributed by atoms with van der Waals surface area (Å²) in [6.45, 7) is 1.90. The number of alkyl halides is 1. The predicted molar refractivity (Wildman–Crippen MR) is 75.2 cm³/mol. The molecule has 0 N–H and O–H groups in total. The standard InChI is InChI=1S/C15H14ClF2N/c1-10-5-3-4-6-14(10)19(2)15-12(17)7-11(9-16)8-13(15)18/h3-8H,9H2,1-2H3. The number of anilines is 2. The minimum absolute atomic E-state index is 0.0665. The number of hydrogen-bond donors (Lipinski definition) is 0. The molecule has 0 aliphatic heterocycles. The van der Waals surface area contributed by atoms with Gasteiger partial charge in [0.2, 0.25) is 0 Å². The molecule has 0 fully saturated rings. The van der Waals surface area contributed by atoms with Crippen molar-refractivity contribution in [2.75, 3.05) is 11.9 Å². The fraction of sp³-hybridized carbons (Fsp3) is 0.200. The number of benzene rings is 2. The Balaban J connectivity index is 2.50. The Morgan fingerprint density at radius 1 is 1.11 bits per heavy atom. The molecule has 0 radical (unpaired) electrons. The SMILES string of the molecule is Cc1ccccc1N(C)c1c(F)cc(CCl)cc1F. The zero-order valence-electron chi connectivity index (χ0n) is 10.8. The molecule has 0 atom stereocenters. The van der Waals surface area contributed by atoms with Crippen LogP contribution >= 0.6 is 11.6 Å². The molecule has 0 heterocycles. The summed E-state index contributed by atoms with van der Waals surface area (Å²) in [7, 11) is 1.64. The fourth-order valence-corrected chi connectivity index (χ4v) is 2.23. The van der Waals surface area contributed by atoms with Gasteiger partial charge in [0.05, 0.1) is 0 Å². The Labute approximate surface area is 116 Å². The summed E-state index contributed by atoms with van der Waals surface area (Å²) in [4.78, 5) is 1.51. The van der Waals surface area contributed by atoms with Crippen LogP contribution in [-0.4, -0.2) is 7.05 Å². The minimum atomic E-state index is -0.610. The summed E-state index contributed by atoms with van der Waals surface area (Å²) in [6, 6.07) is 9.97. The maximum atomic E-state index is 14.0. The number of rotatable bonds is 3.